The van der Waals surface area contributed by atoms with Crippen LogP contribution >= 0.6 is 0 Å². The van der Waals surface area contributed by atoms with Crippen LogP contribution in [-0.4, -0.2) is 36.5 Å². The minimum atomic E-state index is -3.62. The number of aryl methyl sites for hydroxylation is 1. The molecule has 1 aromatic carbocycles. The summed E-state index contributed by atoms with van der Waals surface area (Å²) in [6.07, 6.45) is 6.34. The Hall–Kier alpha value is -3.13. The zero-order valence-corrected chi connectivity index (χ0v) is 15.8. The van der Waals surface area contributed by atoms with Crippen molar-refractivity contribution >= 4 is 31.9 Å². The number of aromatic nitrogens is 1. The van der Waals surface area contributed by atoms with E-state index in [9.17, 15) is 8.78 Å². The predicted molar refractivity (Wildman–Crippen MR) is 109 cm³/mol. The van der Waals surface area contributed by atoms with Crippen molar-refractivity contribution in [1.82, 2.24) is 4.98 Å². The number of nitrogens with two attached hydrogens (primary N) is 1. The molecule has 0 spiro atoms. The monoisotopic (exact) mass is 394 g/mol. The van der Waals surface area contributed by atoms with Gasteiger partial charge in [-0.05, 0) is 55.3 Å². The maximum Gasteiger partial charge on any atom is 0.586 e. The first kappa shape index (κ1) is 19.2. The number of alkyl halides is 2. The molecule has 3 heterocycles. The second-order valence-corrected chi connectivity index (χ2v) is 6.81. The summed E-state index contributed by atoms with van der Waals surface area (Å²) in [5, 5.41) is 0. The highest BCUT2D eigenvalue weighted by Crippen LogP contribution is 2.41. The van der Waals surface area contributed by atoms with Gasteiger partial charge in [0, 0.05) is 23.4 Å². The summed E-state index contributed by atoms with van der Waals surface area (Å²) in [5.41, 5.74) is 11.3. The highest BCUT2D eigenvalue weighted by Gasteiger charge is 2.43. The van der Waals surface area contributed by atoms with Crippen molar-refractivity contribution in [2.45, 2.75) is 19.6 Å². The minimum Gasteiger partial charge on any atom is -0.509 e. The summed E-state index contributed by atoms with van der Waals surface area (Å²) >= 11 is 0. The highest BCUT2D eigenvalue weighted by molar-refractivity contribution is 6.01. The second kappa shape index (κ2) is 7.37. The predicted octanol–water partition coefficient (Wildman–Crippen LogP) is 3.61. The number of allylic oxidation sites excluding steroid dienone is 2. The first-order chi connectivity index (χ1) is 13.9. The third-order valence-corrected chi connectivity index (χ3v) is 4.70. The Morgan fingerprint density at radius 1 is 1.24 bits per heavy atom. The van der Waals surface area contributed by atoms with Crippen molar-refractivity contribution in [3.05, 3.63) is 64.6 Å². The molecule has 1 aromatic heterocycles. The number of halogens is 2. The van der Waals surface area contributed by atoms with Gasteiger partial charge >= 0.3 is 6.29 Å². The molecule has 0 amide bonds. The maximum absolute atomic E-state index is 13.2. The van der Waals surface area contributed by atoms with E-state index >= 15 is 0 Å². The molecule has 2 aromatic rings. The molecule has 0 saturated carbocycles. The average molecular weight is 394 g/mol. The smallest absolute Gasteiger partial charge is 0.509 e. The van der Waals surface area contributed by atoms with E-state index in [4.69, 9.17) is 13.7 Å². The van der Waals surface area contributed by atoms with Crippen LogP contribution in [0.25, 0.3) is 17.7 Å². The number of rotatable bonds is 5. The molecular formula is C21H19BF2N3O2. The Kier molecular flexibility index (Phi) is 4.88. The summed E-state index contributed by atoms with van der Waals surface area (Å²) in [6, 6.07) is 6.66. The van der Waals surface area contributed by atoms with Crippen LogP contribution in [-0.2, 0) is 0 Å². The van der Waals surface area contributed by atoms with E-state index in [0.29, 0.717) is 18.5 Å². The Morgan fingerprint density at radius 3 is 2.76 bits per heavy atom. The van der Waals surface area contributed by atoms with Crippen LogP contribution in [0.1, 0.15) is 28.9 Å². The lowest BCUT2D eigenvalue weighted by molar-refractivity contribution is -0.294. The molecule has 3 N–H and O–H groups in total. The lowest BCUT2D eigenvalue weighted by Gasteiger charge is -2.13. The lowest BCUT2D eigenvalue weighted by Crippen LogP contribution is -2.25. The van der Waals surface area contributed by atoms with Crippen LogP contribution in [0.4, 0.5) is 8.78 Å². The van der Waals surface area contributed by atoms with Gasteiger partial charge in [-0.25, -0.2) is 0 Å². The van der Waals surface area contributed by atoms with Gasteiger partial charge in [-0.3, -0.25) is 0 Å². The quantitative estimate of drug-likeness (QED) is 0.762. The van der Waals surface area contributed by atoms with Crippen LogP contribution in [0.15, 0.2) is 42.1 Å². The normalized spacial score (nSPS) is 18.6. The largest absolute Gasteiger partial charge is 0.586 e. The van der Waals surface area contributed by atoms with Crippen molar-refractivity contribution < 1.29 is 22.7 Å². The van der Waals surface area contributed by atoms with Crippen molar-refractivity contribution in [1.29, 1.82) is 0 Å². The summed E-state index contributed by atoms with van der Waals surface area (Å²) in [4.78, 5) is 3.39. The van der Waals surface area contributed by atoms with Crippen molar-refractivity contribution in [2.75, 3.05) is 6.54 Å². The molecule has 0 unspecified atom stereocenters. The lowest BCUT2D eigenvalue weighted by atomic mass is 10.0. The third-order valence-electron chi connectivity index (χ3n) is 4.70. The van der Waals surface area contributed by atoms with Crippen LogP contribution in [0.5, 0.6) is 11.5 Å². The Balaban J connectivity index is 1.61. The summed E-state index contributed by atoms with van der Waals surface area (Å²) < 4.78 is 36.8. The molecule has 2 aliphatic heterocycles. The first-order valence-corrected chi connectivity index (χ1v) is 9.13. The number of nitrogens with zero attached hydrogens (tertiary/aromatic N) is 1. The van der Waals surface area contributed by atoms with Gasteiger partial charge in [0.2, 0.25) is 0 Å². The van der Waals surface area contributed by atoms with Gasteiger partial charge in [0.05, 0.1) is 5.69 Å². The van der Waals surface area contributed by atoms with E-state index in [1.807, 2.05) is 37.3 Å². The summed E-state index contributed by atoms with van der Waals surface area (Å²) in [6.45, 7) is 2.50. The molecule has 29 heavy (non-hydrogen) atoms. The van der Waals surface area contributed by atoms with Crippen LogP contribution in [0, 0.1) is 6.92 Å². The van der Waals surface area contributed by atoms with Crippen LogP contribution < -0.4 is 15.2 Å². The number of nitrogens with one attached hydrogen (secondary N) is 1. The fraction of sp³-hybridized carbons (Fsp3) is 0.190. The second-order valence-electron chi connectivity index (χ2n) is 6.81. The van der Waals surface area contributed by atoms with Gasteiger partial charge in [0.25, 0.3) is 0 Å². The van der Waals surface area contributed by atoms with E-state index in [1.54, 1.807) is 16.8 Å². The SMILES string of the molecule is [B-][N+]1=CC=CC1=C(CCN)c1[nH]c(/C=C/c2ccc3c(c2)OC(F)(F)O3)cc1C. The summed E-state index contributed by atoms with van der Waals surface area (Å²) in [7, 11) is 6.02. The molecule has 3 radical (unpaired) electrons. The molecule has 0 atom stereocenters. The van der Waals surface area contributed by atoms with Gasteiger partial charge in [-0.2, -0.15) is 0 Å². The zero-order valence-electron chi connectivity index (χ0n) is 15.8. The number of aromatic amines is 1. The molecule has 0 fully saturated rings. The molecule has 0 aliphatic carbocycles. The standard InChI is InChI=1S/C21H19BF2N3O2/c1-13-11-15(26-20(13)16(8-9-25)17-3-2-10-27(17)22)6-4-14-5-7-18-19(12-14)29-21(23,24)28-18/h2-7,10-12,26H,8-9,25H2,1H3/b6-4+,17-16?. The topological polar surface area (TPSA) is 63.3 Å². The maximum atomic E-state index is 13.2. The number of hydrogen-bond acceptors (Lipinski definition) is 3. The van der Waals surface area contributed by atoms with Crippen molar-refractivity contribution in [3.63, 3.8) is 0 Å². The Bertz CT molecular complexity index is 1080. The fourth-order valence-corrected chi connectivity index (χ4v) is 3.42. The third kappa shape index (κ3) is 3.89. The number of ether oxygens (including phenoxy) is 2. The van der Waals surface area contributed by atoms with Crippen molar-refractivity contribution in [2.24, 2.45) is 5.73 Å². The average Bonchev–Trinajstić information content (AvgIpc) is 3.33. The number of H-pyrrole nitrogens is 1. The fourth-order valence-electron chi connectivity index (χ4n) is 3.42. The van der Waals surface area contributed by atoms with E-state index < -0.39 is 6.29 Å². The van der Waals surface area contributed by atoms with Gasteiger partial charge in [0.1, 0.15) is 6.21 Å². The Labute approximate surface area is 168 Å². The molecule has 0 saturated heterocycles. The first-order valence-electron chi connectivity index (χ1n) is 9.13. The summed E-state index contributed by atoms with van der Waals surface area (Å²) in [5.74, 6) is 0.0405. The number of hydrogen-bond donors (Lipinski definition) is 2. The number of fused-ring (bicyclic) bond motifs is 1. The molecule has 8 heteroatoms. The van der Waals surface area contributed by atoms with Gasteiger partial charge in [-0.1, -0.05) is 12.1 Å². The van der Waals surface area contributed by atoms with E-state index in [0.717, 1.165) is 28.2 Å². The Morgan fingerprint density at radius 2 is 2.03 bits per heavy atom. The highest BCUT2D eigenvalue weighted by atomic mass is 19.3. The van der Waals surface area contributed by atoms with Crippen LogP contribution in [0.2, 0.25) is 0 Å². The van der Waals surface area contributed by atoms with Crippen LogP contribution in [0.3, 0.4) is 0 Å². The van der Waals surface area contributed by atoms with Gasteiger partial charge in [-0.15, -0.1) is 16.8 Å². The molecule has 147 valence electrons. The van der Waals surface area contributed by atoms with Crippen molar-refractivity contribution in [3.8, 4) is 11.5 Å². The van der Waals surface area contributed by atoms with E-state index in [-0.39, 0.29) is 11.5 Å². The van der Waals surface area contributed by atoms with Gasteiger partial charge in [0.15, 0.2) is 17.2 Å². The van der Waals surface area contributed by atoms with Gasteiger partial charge < -0.3 is 24.7 Å². The molecule has 2 aliphatic rings. The molecule has 5 nitrogen and oxygen atoms in total. The number of benzene rings is 1. The van der Waals surface area contributed by atoms with E-state index in [1.165, 1.54) is 12.1 Å². The molecule has 0 bridgehead atoms. The molecule has 4 rings (SSSR count). The zero-order chi connectivity index (χ0) is 20.6. The molecular weight excluding hydrogens is 375 g/mol. The minimum absolute atomic E-state index is 0.0165. The van der Waals surface area contributed by atoms with E-state index in [2.05, 4.69) is 14.5 Å².